The van der Waals surface area contributed by atoms with Gasteiger partial charge < -0.3 is 0 Å². The lowest BCUT2D eigenvalue weighted by Crippen LogP contribution is -1.62. The van der Waals surface area contributed by atoms with Gasteiger partial charge in [0.25, 0.3) is 0 Å². The van der Waals surface area contributed by atoms with E-state index in [0.29, 0.717) is 5.56 Å². The fourth-order valence-corrected chi connectivity index (χ4v) is 0.666. The first-order chi connectivity index (χ1) is 10.9. The quantitative estimate of drug-likeness (QED) is 0.595. The molecule has 14 heavy (non-hydrogen) atoms. The van der Waals surface area contributed by atoms with Crippen molar-refractivity contribution < 1.29 is 13.7 Å². The van der Waals surface area contributed by atoms with Gasteiger partial charge in [0, 0.05) is 4.11 Å². The van der Waals surface area contributed by atoms with Gasteiger partial charge in [0.1, 0.15) is 0 Å². The summed E-state index contributed by atoms with van der Waals surface area (Å²) in [6, 6.07) is 2.84. The molecule has 0 atom stereocenters. The van der Waals surface area contributed by atoms with Crippen molar-refractivity contribution in [2.75, 3.05) is 0 Å². The lowest BCUT2D eigenvalue weighted by atomic mass is 10.2. The topological polar surface area (TPSA) is 0 Å². The predicted molar refractivity (Wildman–Crippen MR) is 62.4 cm³/mol. The molecular formula is C14H16. The second-order valence-electron chi connectivity index (χ2n) is 2.46. The Morgan fingerprint density at radius 2 is 1.64 bits per heavy atom. The zero-order valence-corrected chi connectivity index (χ0v) is 7.73. The third-order valence-electron chi connectivity index (χ3n) is 1.27. The van der Waals surface area contributed by atoms with Crippen LogP contribution < -0.4 is 0 Å². The van der Waals surface area contributed by atoms with E-state index in [1.54, 1.807) is 0 Å². The van der Waals surface area contributed by atoms with Crippen molar-refractivity contribution in [2.45, 2.75) is 13.8 Å². The number of hydrogen-bond acceptors (Lipinski definition) is 0. The van der Waals surface area contributed by atoms with Gasteiger partial charge in [-0.3, -0.25) is 0 Å². The van der Waals surface area contributed by atoms with Crippen LogP contribution in [0.3, 0.4) is 0 Å². The van der Waals surface area contributed by atoms with E-state index < -0.39 is 6.85 Å². The molecule has 0 nitrogen and oxygen atoms in total. The van der Waals surface area contributed by atoms with Crippen molar-refractivity contribution in [1.29, 1.82) is 0 Å². The molecule has 0 radical (unpaired) electrons. The first kappa shape index (κ1) is 3.23. The molecule has 0 bridgehead atoms. The van der Waals surface area contributed by atoms with E-state index in [1.807, 2.05) is 0 Å². The molecule has 0 fully saturated rings. The van der Waals surface area contributed by atoms with Crippen molar-refractivity contribution in [3.8, 4) is 0 Å². The van der Waals surface area contributed by atoms with Crippen LogP contribution in [0.25, 0.3) is 0 Å². The second kappa shape index (κ2) is 5.98. The lowest BCUT2D eigenvalue weighted by Gasteiger charge is -1.82. The van der Waals surface area contributed by atoms with E-state index in [0.717, 1.165) is 0 Å². The minimum Gasteiger partial charge on any atom is -0.0622 e. The standard InChI is InChI=1S/2C7H8/c2*1-7-5-3-2-4-6-7/h2*2-6H,1H3/i2D,3D,4D,5D,6D;1D3,3D,5D. The largest absolute Gasteiger partial charge is 0.0625 e. The number of hydrogen-bond donors (Lipinski definition) is 0. The molecule has 72 valence electrons. The Morgan fingerprint density at radius 1 is 0.929 bits per heavy atom. The van der Waals surface area contributed by atoms with E-state index in [4.69, 9.17) is 13.7 Å². The van der Waals surface area contributed by atoms with Gasteiger partial charge in [-0.25, -0.2) is 0 Å². The third-order valence-corrected chi connectivity index (χ3v) is 1.27. The highest BCUT2D eigenvalue weighted by molar-refractivity contribution is 5.12. The van der Waals surface area contributed by atoms with Crippen molar-refractivity contribution in [3.63, 3.8) is 0 Å². The van der Waals surface area contributed by atoms with Crippen LogP contribution in [0.15, 0.2) is 60.5 Å². The molecule has 2 aromatic rings. The van der Waals surface area contributed by atoms with Crippen LogP contribution in [-0.2, 0) is 0 Å². The van der Waals surface area contributed by atoms with Gasteiger partial charge in [-0.1, -0.05) is 71.6 Å². The van der Waals surface area contributed by atoms with E-state index in [-0.39, 0.29) is 47.9 Å². The molecule has 0 aliphatic carbocycles. The summed E-state index contributed by atoms with van der Waals surface area (Å²) in [6.45, 7) is -0.770. The Kier molecular flexibility index (Phi) is 1.38. The zero-order valence-electron chi connectivity index (χ0n) is 17.7. The molecular weight excluding hydrogens is 168 g/mol. The summed E-state index contributed by atoms with van der Waals surface area (Å²) in [5, 5.41) is 0. The van der Waals surface area contributed by atoms with Crippen LogP contribution in [0.2, 0.25) is 0 Å². The second-order valence-corrected chi connectivity index (χ2v) is 2.46. The van der Waals surface area contributed by atoms with Gasteiger partial charge in [0.15, 0.2) is 0 Å². The minimum atomic E-state index is -2.28. The summed E-state index contributed by atoms with van der Waals surface area (Å²) in [4.78, 5) is 0. The van der Waals surface area contributed by atoms with Crippen molar-refractivity contribution in [2.24, 2.45) is 0 Å². The van der Waals surface area contributed by atoms with Crippen LogP contribution in [0.1, 0.15) is 24.8 Å². The number of benzene rings is 2. The van der Waals surface area contributed by atoms with Crippen LogP contribution in [0.5, 0.6) is 0 Å². The maximum absolute atomic E-state index is 7.31. The molecule has 2 aromatic carbocycles. The van der Waals surface area contributed by atoms with Crippen molar-refractivity contribution in [3.05, 3.63) is 71.6 Å². The van der Waals surface area contributed by atoms with Crippen LogP contribution >= 0.6 is 0 Å². The lowest BCUT2D eigenvalue weighted by molar-refractivity contribution is 1.48. The maximum atomic E-state index is 7.31. The molecule has 0 aliphatic heterocycles. The normalized spacial score (nSPS) is 19.8. The predicted octanol–water partition coefficient (Wildman–Crippen LogP) is 3.99. The van der Waals surface area contributed by atoms with Crippen LogP contribution in [-0.4, -0.2) is 0 Å². The SMILES string of the molecule is [2H]c1c([2H])c([2H])c(C)c([2H])c1[2H].[2H]c1cccc(C([2H])([2H])[2H])c1[2H]. The monoisotopic (exact) mass is 194 g/mol. The van der Waals surface area contributed by atoms with Crippen LogP contribution in [0.4, 0.5) is 0 Å². The first-order valence-corrected chi connectivity index (χ1v) is 3.99. The molecule has 0 N–H and O–H groups in total. The summed E-state index contributed by atoms with van der Waals surface area (Å²) < 4.78 is 71.9. The first-order valence-electron chi connectivity index (χ1n) is 8.99. The molecule has 0 heterocycles. The van der Waals surface area contributed by atoms with E-state index >= 15 is 0 Å². The Bertz CT molecular complexity index is 643. The highest BCUT2D eigenvalue weighted by Gasteiger charge is 1.72. The number of rotatable bonds is 0. The Balaban J connectivity index is 0.000000240. The van der Waals surface area contributed by atoms with E-state index in [2.05, 4.69) is 0 Å². The van der Waals surface area contributed by atoms with Crippen molar-refractivity contribution >= 4 is 0 Å². The van der Waals surface area contributed by atoms with Gasteiger partial charge >= 0.3 is 0 Å². The zero-order chi connectivity index (χ0) is 18.8. The molecule has 0 aliphatic rings. The summed E-state index contributed by atoms with van der Waals surface area (Å²) >= 11 is 0. The van der Waals surface area contributed by atoms with Gasteiger partial charge in [-0.15, -0.1) is 0 Å². The fourth-order valence-electron chi connectivity index (χ4n) is 0.666. The molecule has 0 heteroatoms. The minimum absolute atomic E-state index is 0.0522. The molecule has 0 unspecified atom stereocenters. The van der Waals surface area contributed by atoms with Crippen LogP contribution in [0, 0.1) is 13.8 Å². The average Bonchev–Trinajstić information content (AvgIpc) is 2.51. The molecule has 0 saturated carbocycles. The molecule has 0 amide bonds. The summed E-state index contributed by atoms with van der Waals surface area (Å²) in [5.74, 6) is 0. The summed E-state index contributed by atoms with van der Waals surface area (Å²) in [7, 11) is 0. The molecule has 0 saturated heterocycles. The van der Waals surface area contributed by atoms with Gasteiger partial charge in [0.2, 0.25) is 0 Å². The maximum Gasteiger partial charge on any atom is 0.0625 e. The smallest absolute Gasteiger partial charge is 0.0622 e. The Labute approximate surface area is 100 Å². The molecule has 0 spiro atoms. The van der Waals surface area contributed by atoms with Crippen molar-refractivity contribution in [1.82, 2.24) is 0 Å². The Morgan fingerprint density at radius 3 is 2.29 bits per heavy atom. The van der Waals surface area contributed by atoms with Gasteiger partial charge in [0.05, 0.1) is 9.60 Å². The average molecular weight is 194 g/mol. The summed E-state index contributed by atoms with van der Waals surface area (Å²) in [5.41, 5.74) is 0.232. The van der Waals surface area contributed by atoms with Gasteiger partial charge in [-0.05, 0) is 13.8 Å². The number of aryl methyl sites for hydroxylation is 1. The molecule has 0 aromatic heterocycles. The Hall–Kier alpha value is -1.56. The highest BCUT2D eigenvalue weighted by atomic mass is 13.8. The van der Waals surface area contributed by atoms with E-state index in [9.17, 15) is 0 Å². The summed E-state index contributed by atoms with van der Waals surface area (Å²) in [6.07, 6.45) is 0. The van der Waals surface area contributed by atoms with E-state index in [1.165, 1.54) is 25.1 Å². The fraction of sp³-hybridized carbons (Fsp3) is 0.143. The van der Waals surface area contributed by atoms with Gasteiger partial charge in [-0.2, -0.15) is 0 Å². The third kappa shape index (κ3) is 4.46. The highest BCUT2D eigenvalue weighted by Crippen LogP contribution is 1.92. The molecule has 2 rings (SSSR count).